The number of carbonyl (C=O) groups excluding carboxylic acids is 3. The fourth-order valence-electron chi connectivity index (χ4n) is 3.78. The molecule has 27 heavy (non-hydrogen) atoms. The molecule has 2 heterocycles. The Morgan fingerprint density at radius 2 is 1.93 bits per heavy atom. The summed E-state index contributed by atoms with van der Waals surface area (Å²) in [6, 6.07) is 7.86. The minimum Gasteiger partial charge on any atom is -0.455 e. The third-order valence-corrected chi connectivity index (χ3v) is 5.63. The first-order valence-electron chi connectivity index (χ1n) is 9.85. The minimum atomic E-state index is -0.520. The number of likely N-dealkylation sites (tertiary alicyclic amines) is 1. The van der Waals surface area contributed by atoms with Gasteiger partial charge in [0.25, 0.3) is 5.91 Å². The van der Waals surface area contributed by atoms with Crippen LogP contribution in [-0.2, 0) is 19.1 Å². The molecule has 2 aliphatic heterocycles. The first-order chi connectivity index (χ1) is 13.0. The van der Waals surface area contributed by atoms with Crippen molar-refractivity contribution >= 4 is 23.5 Å². The van der Waals surface area contributed by atoms with Crippen molar-refractivity contribution in [3.05, 3.63) is 29.8 Å². The molecule has 0 saturated carbocycles. The van der Waals surface area contributed by atoms with Crippen LogP contribution in [0.1, 0.15) is 51.0 Å². The molecule has 2 aliphatic rings. The van der Waals surface area contributed by atoms with Gasteiger partial charge in [0, 0.05) is 31.7 Å². The number of hydrogen-bond acceptors (Lipinski definition) is 4. The van der Waals surface area contributed by atoms with Crippen LogP contribution >= 0.6 is 0 Å². The summed E-state index contributed by atoms with van der Waals surface area (Å²) in [5.74, 6) is -0.867. The molecule has 2 fully saturated rings. The van der Waals surface area contributed by atoms with Gasteiger partial charge in [-0.05, 0) is 36.8 Å². The van der Waals surface area contributed by atoms with Crippen LogP contribution < -0.4 is 4.90 Å². The Balaban J connectivity index is 1.62. The van der Waals surface area contributed by atoms with E-state index < -0.39 is 11.9 Å². The lowest BCUT2D eigenvalue weighted by Crippen LogP contribution is -2.33. The van der Waals surface area contributed by atoms with Crippen molar-refractivity contribution in [2.75, 3.05) is 31.1 Å². The van der Waals surface area contributed by atoms with Crippen molar-refractivity contribution < 1.29 is 19.1 Å². The first-order valence-corrected chi connectivity index (χ1v) is 9.85. The summed E-state index contributed by atoms with van der Waals surface area (Å²) in [6.07, 6.45) is 3.11. The molecule has 0 radical (unpaired) electrons. The molecule has 1 aromatic rings. The molecule has 0 aromatic heterocycles. The lowest BCUT2D eigenvalue weighted by Gasteiger charge is -2.23. The van der Waals surface area contributed by atoms with Crippen LogP contribution in [0, 0.1) is 5.92 Å². The summed E-state index contributed by atoms with van der Waals surface area (Å²) in [7, 11) is 0. The molecular formula is C21H28N2O4. The topological polar surface area (TPSA) is 66.9 Å². The van der Waals surface area contributed by atoms with E-state index in [2.05, 4.69) is 13.8 Å². The molecule has 6 nitrogen and oxygen atoms in total. The van der Waals surface area contributed by atoms with E-state index in [1.165, 1.54) is 0 Å². The predicted octanol–water partition coefficient (Wildman–Crippen LogP) is 2.72. The molecule has 2 amide bonds. The van der Waals surface area contributed by atoms with Crippen molar-refractivity contribution in [2.24, 2.45) is 5.92 Å². The number of benzene rings is 1. The molecule has 2 saturated heterocycles. The van der Waals surface area contributed by atoms with E-state index in [0.29, 0.717) is 12.5 Å². The number of ether oxygens (including phenoxy) is 1. The third kappa shape index (κ3) is 4.31. The SMILES string of the molecule is CCC(C)c1ccccc1N1CC(C(=O)OCC(=O)N2CCCC2)CC1=O. The Hall–Kier alpha value is -2.37. The van der Waals surface area contributed by atoms with E-state index in [9.17, 15) is 14.4 Å². The van der Waals surface area contributed by atoms with E-state index >= 15 is 0 Å². The van der Waals surface area contributed by atoms with Gasteiger partial charge in [-0.1, -0.05) is 32.0 Å². The van der Waals surface area contributed by atoms with E-state index in [1.54, 1.807) is 9.80 Å². The quantitative estimate of drug-likeness (QED) is 0.720. The summed E-state index contributed by atoms with van der Waals surface area (Å²) in [5, 5.41) is 0. The van der Waals surface area contributed by atoms with Gasteiger partial charge in [-0.25, -0.2) is 0 Å². The van der Waals surface area contributed by atoms with Crippen LogP contribution in [0.5, 0.6) is 0 Å². The minimum absolute atomic E-state index is 0.0708. The largest absolute Gasteiger partial charge is 0.455 e. The van der Waals surface area contributed by atoms with E-state index in [0.717, 1.165) is 43.6 Å². The Labute approximate surface area is 160 Å². The second-order valence-corrected chi connectivity index (χ2v) is 7.47. The van der Waals surface area contributed by atoms with Crippen molar-refractivity contribution in [3.8, 4) is 0 Å². The predicted molar refractivity (Wildman–Crippen MR) is 102 cm³/mol. The highest BCUT2D eigenvalue weighted by Crippen LogP contribution is 2.33. The Morgan fingerprint density at radius 3 is 2.63 bits per heavy atom. The van der Waals surface area contributed by atoms with Gasteiger partial charge in [-0.3, -0.25) is 14.4 Å². The summed E-state index contributed by atoms with van der Waals surface area (Å²) < 4.78 is 5.22. The van der Waals surface area contributed by atoms with Gasteiger partial charge >= 0.3 is 5.97 Å². The van der Waals surface area contributed by atoms with Crippen LogP contribution in [0.15, 0.2) is 24.3 Å². The second kappa shape index (κ2) is 8.55. The molecule has 3 rings (SSSR count). The maximum Gasteiger partial charge on any atom is 0.311 e. The molecule has 146 valence electrons. The molecule has 1 aromatic carbocycles. The monoisotopic (exact) mass is 372 g/mol. The summed E-state index contributed by atoms with van der Waals surface area (Å²) in [5.41, 5.74) is 1.99. The lowest BCUT2D eigenvalue weighted by atomic mass is 9.96. The maximum atomic E-state index is 12.5. The van der Waals surface area contributed by atoms with Gasteiger partial charge in [0.15, 0.2) is 6.61 Å². The van der Waals surface area contributed by atoms with Gasteiger partial charge < -0.3 is 14.5 Å². The maximum absolute atomic E-state index is 12.5. The van der Waals surface area contributed by atoms with Crippen LogP contribution in [0.2, 0.25) is 0 Å². The van der Waals surface area contributed by atoms with Gasteiger partial charge in [-0.15, -0.1) is 0 Å². The average molecular weight is 372 g/mol. The first kappa shape index (κ1) is 19.4. The third-order valence-electron chi connectivity index (χ3n) is 5.63. The molecule has 0 N–H and O–H groups in total. The standard InChI is InChI=1S/C21H28N2O4/c1-3-15(2)17-8-4-5-9-18(17)23-13-16(12-19(23)24)21(26)27-14-20(25)22-10-6-7-11-22/h4-5,8-9,15-16H,3,6-7,10-14H2,1-2H3. The number of anilines is 1. The smallest absolute Gasteiger partial charge is 0.311 e. The number of para-hydroxylation sites is 1. The van der Waals surface area contributed by atoms with E-state index in [4.69, 9.17) is 4.74 Å². The van der Waals surface area contributed by atoms with Gasteiger partial charge in [-0.2, -0.15) is 0 Å². The fourth-order valence-corrected chi connectivity index (χ4v) is 3.78. The Morgan fingerprint density at radius 1 is 1.22 bits per heavy atom. The van der Waals surface area contributed by atoms with Gasteiger partial charge in [0.05, 0.1) is 5.92 Å². The van der Waals surface area contributed by atoms with Crippen LogP contribution in [0.3, 0.4) is 0 Å². The molecule has 0 spiro atoms. The summed E-state index contributed by atoms with van der Waals surface area (Å²) in [6.45, 7) is 5.80. The highest BCUT2D eigenvalue weighted by Gasteiger charge is 2.37. The molecule has 2 atom stereocenters. The number of esters is 1. The summed E-state index contributed by atoms with van der Waals surface area (Å²) >= 11 is 0. The number of hydrogen-bond donors (Lipinski definition) is 0. The van der Waals surface area contributed by atoms with Crippen molar-refractivity contribution in [3.63, 3.8) is 0 Å². The zero-order valence-electron chi connectivity index (χ0n) is 16.1. The zero-order chi connectivity index (χ0) is 19.4. The Bertz CT molecular complexity index is 712. The highest BCUT2D eigenvalue weighted by molar-refractivity contribution is 6.00. The summed E-state index contributed by atoms with van der Waals surface area (Å²) in [4.78, 5) is 40.4. The molecule has 0 bridgehead atoms. The molecule has 6 heteroatoms. The van der Waals surface area contributed by atoms with Gasteiger partial charge in [0.1, 0.15) is 0 Å². The van der Waals surface area contributed by atoms with Crippen LogP contribution in [-0.4, -0.2) is 48.9 Å². The molecule has 2 unspecified atom stereocenters. The molecule has 0 aliphatic carbocycles. The number of rotatable bonds is 6. The number of carbonyl (C=O) groups is 3. The fraction of sp³-hybridized carbons (Fsp3) is 0.571. The normalized spacial score (nSPS) is 20.8. The van der Waals surface area contributed by atoms with Crippen molar-refractivity contribution in [2.45, 2.75) is 45.4 Å². The Kier molecular flexibility index (Phi) is 6.14. The van der Waals surface area contributed by atoms with Crippen molar-refractivity contribution in [1.29, 1.82) is 0 Å². The highest BCUT2D eigenvalue weighted by atomic mass is 16.5. The average Bonchev–Trinajstić information content (AvgIpc) is 3.35. The number of nitrogens with zero attached hydrogens (tertiary/aromatic N) is 2. The second-order valence-electron chi connectivity index (χ2n) is 7.47. The van der Waals surface area contributed by atoms with E-state index in [-0.39, 0.29) is 24.8 Å². The van der Waals surface area contributed by atoms with Crippen molar-refractivity contribution in [1.82, 2.24) is 4.90 Å². The zero-order valence-corrected chi connectivity index (χ0v) is 16.1. The van der Waals surface area contributed by atoms with Gasteiger partial charge in [0.2, 0.25) is 5.91 Å². The van der Waals surface area contributed by atoms with Crippen LogP contribution in [0.4, 0.5) is 5.69 Å². The van der Waals surface area contributed by atoms with Crippen LogP contribution in [0.25, 0.3) is 0 Å². The number of amides is 2. The lowest BCUT2D eigenvalue weighted by molar-refractivity contribution is -0.154. The molecular weight excluding hydrogens is 344 g/mol. The van der Waals surface area contributed by atoms with E-state index in [1.807, 2.05) is 24.3 Å².